The van der Waals surface area contributed by atoms with Crippen molar-refractivity contribution in [1.82, 2.24) is 14.4 Å². The van der Waals surface area contributed by atoms with Gasteiger partial charge in [0.2, 0.25) is 0 Å². The summed E-state index contributed by atoms with van der Waals surface area (Å²) in [6.45, 7) is 9.85. The average molecular weight is 275 g/mol. The quantitative estimate of drug-likeness (QED) is 0.880. The van der Waals surface area contributed by atoms with E-state index in [2.05, 4.69) is 42.6 Å². The first-order valence-corrected chi connectivity index (χ1v) is 7.42. The Bertz CT molecular complexity index is 556. The van der Waals surface area contributed by atoms with Gasteiger partial charge in [0.15, 0.2) is 11.5 Å². The number of aromatic nitrogens is 3. The first kappa shape index (κ1) is 14.6. The lowest BCUT2D eigenvalue weighted by Crippen LogP contribution is -2.38. The Morgan fingerprint density at radius 3 is 2.60 bits per heavy atom. The van der Waals surface area contributed by atoms with Crippen LogP contribution in [-0.4, -0.2) is 27.0 Å². The van der Waals surface area contributed by atoms with Crippen molar-refractivity contribution in [1.29, 1.82) is 0 Å². The number of anilines is 2. The molecule has 0 fully saturated rings. The number of nitrogens with zero attached hydrogens (tertiary/aromatic N) is 4. The van der Waals surface area contributed by atoms with Crippen LogP contribution in [0.3, 0.4) is 0 Å². The number of rotatable bonds is 6. The molecule has 0 aromatic carbocycles. The van der Waals surface area contributed by atoms with Gasteiger partial charge in [0.25, 0.3) is 0 Å². The second-order valence-electron chi connectivity index (χ2n) is 5.66. The van der Waals surface area contributed by atoms with Gasteiger partial charge in [-0.25, -0.2) is 9.97 Å². The normalized spacial score (nSPS) is 11.7. The van der Waals surface area contributed by atoms with E-state index in [1.165, 1.54) is 0 Å². The lowest BCUT2D eigenvalue weighted by atomic mass is 10.1. The van der Waals surface area contributed by atoms with E-state index in [0.29, 0.717) is 17.8 Å². The molecule has 0 radical (unpaired) electrons. The summed E-state index contributed by atoms with van der Waals surface area (Å²) in [5.74, 6) is 2.00. The summed E-state index contributed by atoms with van der Waals surface area (Å²) in [4.78, 5) is 11.4. The summed E-state index contributed by atoms with van der Waals surface area (Å²) in [6.07, 6.45) is 7.70. The SMILES string of the molecule is CCC(CC)N(CC(C)C)c1nc(N)cn2ccnc12. The first-order valence-electron chi connectivity index (χ1n) is 7.42. The molecule has 0 saturated carbocycles. The molecule has 0 aliphatic heterocycles. The molecule has 110 valence electrons. The molecule has 0 amide bonds. The maximum Gasteiger partial charge on any atom is 0.180 e. The Balaban J connectivity index is 2.51. The Morgan fingerprint density at radius 2 is 2.00 bits per heavy atom. The van der Waals surface area contributed by atoms with Crippen LogP contribution in [-0.2, 0) is 0 Å². The molecule has 5 heteroatoms. The second-order valence-corrected chi connectivity index (χ2v) is 5.66. The number of imidazole rings is 1. The summed E-state index contributed by atoms with van der Waals surface area (Å²) < 4.78 is 1.95. The second kappa shape index (κ2) is 6.11. The third-order valence-corrected chi connectivity index (χ3v) is 3.59. The standard InChI is InChI=1S/C15H25N5/c1-5-12(6-2)20(9-11(3)4)15-14-17-7-8-19(14)10-13(16)18-15/h7-8,10-12H,5-6,9,16H2,1-4H3. The fraction of sp³-hybridized carbons (Fsp3) is 0.600. The molecule has 0 aliphatic carbocycles. The molecule has 2 aromatic heterocycles. The number of hydrogen-bond acceptors (Lipinski definition) is 4. The molecule has 20 heavy (non-hydrogen) atoms. The van der Waals surface area contributed by atoms with Crippen LogP contribution in [0.2, 0.25) is 0 Å². The molecule has 0 unspecified atom stereocenters. The van der Waals surface area contributed by atoms with Gasteiger partial charge in [-0.15, -0.1) is 0 Å². The summed E-state index contributed by atoms with van der Waals surface area (Å²) in [6, 6.07) is 0.465. The van der Waals surface area contributed by atoms with Gasteiger partial charge in [0, 0.05) is 25.0 Å². The zero-order valence-corrected chi connectivity index (χ0v) is 12.9. The van der Waals surface area contributed by atoms with E-state index in [-0.39, 0.29) is 0 Å². The maximum absolute atomic E-state index is 5.95. The van der Waals surface area contributed by atoms with Crippen molar-refractivity contribution in [3.8, 4) is 0 Å². The van der Waals surface area contributed by atoms with Crippen LogP contribution in [0.25, 0.3) is 5.65 Å². The minimum Gasteiger partial charge on any atom is -0.382 e. The number of nitrogen functional groups attached to an aromatic ring is 1. The molecule has 0 atom stereocenters. The predicted molar refractivity (Wildman–Crippen MR) is 84.0 cm³/mol. The van der Waals surface area contributed by atoms with Gasteiger partial charge < -0.3 is 15.0 Å². The zero-order chi connectivity index (χ0) is 14.7. The van der Waals surface area contributed by atoms with Gasteiger partial charge in [-0.1, -0.05) is 27.7 Å². The van der Waals surface area contributed by atoms with Crippen LogP contribution in [0.4, 0.5) is 11.6 Å². The van der Waals surface area contributed by atoms with Gasteiger partial charge in [0.05, 0.1) is 6.20 Å². The van der Waals surface area contributed by atoms with E-state index in [1.807, 2.05) is 16.8 Å². The van der Waals surface area contributed by atoms with E-state index in [9.17, 15) is 0 Å². The van der Waals surface area contributed by atoms with Gasteiger partial charge in [-0.3, -0.25) is 0 Å². The van der Waals surface area contributed by atoms with Crippen LogP contribution in [0, 0.1) is 5.92 Å². The van der Waals surface area contributed by atoms with Crippen molar-refractivity contribution in [3.63, 3.8) is 0 Å². The zero-order valence-electron chi connectivity index (χ0n) is 12.9. The monoisotopic (exact) mass is 275 g/mol. The fourth-order valence-electron chi connectivity index (χ4n) is 2.66. The van der Waals surface area contributed by atoms with Crippen molar-refractivity contribution in [2.24, 2.45) is 5.92 Å². The Morgan fingerprint density at radius 1 is 1.30 bits per heavy atom. The molecular formula is C15H25N5. The van der Waals surface area contributed by atoms with E-state index in [0.717, 1.165) is 30.9 Å². The van der Waals surface area contributed by atoms with Gasteiger partial charge in [0.1, 0.15) is 5.82 Å². The molecule has 2 aromatic rings. The maximum atomic E-state index is 5.95. The Kier molecular flexibility index (Phi) is 4.47. The molecule has 0 aliphatic rings. The van der Waals surface area contributed by atoms with Gasteiger partial charge >= 0.3 is 0 Å². The van der Waals surface area contributed by atoms with Crippen molar-refractivity contribution >= 4 is 17.3 Å². The van der Waals surface area contributed by atoms with Crippen LogP contribution >= 0.6 is 0 Å². The molecular weight excluding hydrogens is 250 g/mol. The van der Waals surface area contributed by atoms with E-state index >= 15 is 0 Å². The average Bonchev–Trinajstić information content (AvgIpc) is 2.85. The largest absolute Gasteiger partial charge is 0.382 e. The van der Waals surface area contributed by atoms with Crippen LogP contribution in [0.5, 0.6) is 0 Å². The Labute approximate surface area is 120 Å². The highest BCUT2D eigenvalue weighted by Crippen LogP contribution is 2.25. The van der Waals surface area contributed by atoms with E-state index in [1.54, 1.807) is 6.20 Å². The summed E-state index contributed by atoms with van der Waals surface area (Å²) in [5.41, 5.74) is 6.83. The summed E-state index contributed by atoms with van der Waals surface area (Å²) >= 11 is 0. The predicted octanol–water partition coefficient (Wildman–Crippen LogP) is 2.96. The molecule has 0 spiro atoms. The minimum atomic E-state index is 0.465. The van der Waals surface area contributed by atoms with Crippen molar-refractivity contribution in [2.45, 2.75) is 46.6 Å². The van der Waals surface area contributed by atoms with Crippen molar-refractivity contribution < 1.29 is 0 Å². The van der Waals surface area contributed by atoms with E-state index in [4.69, 9.17) is 5.73 Å². The highest BCUT2D eigenvalue weighted by atomic mass is 15.3. The third-order valence-electron chi connectivity index (χ3n) is 3.59. The number of nitrogens with two attached hydrogens (primary N) is 1. The highest BCUT2D eigenvalue weighted by molar-refractivity contribution is 5.66. The minimum absolute atomic E-state index is 0.465. The van der Waals surface area contributed by atoms with Gasteiger partial charge in [-0.05, 0) is 18.8 Å². The molecule has 5 nitrogen and oxygen atoms in total. The van der Waals surface area contributed by atoms with Gasteiger partial charge in [-0.2, -0.15) is 0 Å². The summed E-state index contributed by atoms with van der Waals surface area (Å²) in [7, 11) is 0. The van der Waals surface area contributed by atoms with Crippen LogP contribution < -0.4 is 10.6 Å². The van der Waals surface area contributed by atoms with Crippen LogP contribution in [0.15, 0.2) is 18.6 Å². The topological polar surface area (TPSA) is 59.5 Å². The fourth-order valence-corrected chi connectivity index (χ4v) is 2.66. The molecule has 0 saturated heterocycles. The lowest BCUT2D eigenvalue weighted by molar-refractivity contribution is 0.504. The lowest BCUT2D eigenvalue weighted by Gasteiger charge is -2.33. The molecule has 2 N–H and O–H groups in total. The molecule has 2 heterocycles. The number of hydrogen-bond donors (Lipinski definition) is 1. The molecule has 0 bridgehead atoms. The van der Waals surface area contributed by atoms with E-state index < -0.39 is 0 Å². The molecule has 2 rings (SSSR count). The third kappa shape index (κ3) is 2.86. The van der Waals surface area contributed by atoms with Crippen LogP contribution in [0.1, 0.15) is 40.5 Å². The smallest absolute Gasteiger partial charge is 0.180 e. The highest BCUT2D eigenvalue weighted by Gasteiger charge is 2.21. The van der Waals surface area contributed by atoms with Crippen molar-refractivity contribution in [3.05, 3.63) is 18.6 Å². The first-order chi connectivity index (χ1) is 9.56. The number of fused-ring (bicyclic) bond motifs is 1. The Hall–Kier alpha value is -1.78. The summed E-state index contributed by atoms with van der Waals surface area (Å²) in [5, 5.41) is 0. The van der Waals surface area contributed by atoms with Crippen molar-refractivity contribution in [2.75, 3.05) is 17.2 Å².